The van der Waals surface area contributed by atoms with Crippen LogP contribution in [0.25, 0.3) is 0 Å². The van der Waals surface area contributed by atoms with E-state index in [1.807, 2.05) is 0 Å². The molecular formula is C12H27AuO5PS+. The SMILES string of the molecule is CC[PH+](CC)CC.OCC1O[C@H](O)C([S-])[C@@H](O)[C@H]1O.[Au+]. The molecule has 5 nitrogen and oxygen atoms in total. The molecule has 8 heteroatoms. The van der Waals surface area contributed by atoms with E-state index in [2.05, 4.69) is 33.4 Å². The Morgan fingerprint density at radius 2 is 1.45 bits per heavy atom. The Balaban J connectivity index is 0. The minimum atomic E-state index is -1.31. The van der Waals surface area contributed by atoms with E-state index >= 15 is 0 Å². The van der Waals surface area contributed by atoms with Gasteiger partial charge in [-0.3, -0.25) is 0 Å². The minimum absolute atomic E-state index is 0. The van der Waals surface area contributed by atoms with Gasteiger partial charge in [0, 0.05) is 0 Å². The summed E-state index contributed by atoms with van der Waals surface area (Å²) in [6, 6.07) is 0. The van der Waals surface area contributed by atoms with Crippen molar-refractivity contribution in [3.05, 3.63) is 0 Å². The number of ether oxygens (including phenoxy) is 1. The quantitative estimate of drug-likeness (QED) is 0.233. The van der Waals surface area contributed by atoms with Crippen LogP contribution in [-0.4, -0.2) is 75.4 Å². The van der Waals surface area contributed by atoms with E-state index in [4.69, 9.17) is 14.9 Å². The van der Waals surface area contributed by atoms with Gasteiger partial charge in [0.15, 0.2) is 0 Å². The molecule has 0 spiro atoms. The summed E-state index contributed by atoms with van der Waals surface area (Å²) in [7, 11) is 0.137. The predicted molar refractivity (Wildman–Crippen MR) is 81.1 cm³/mol. The molecule has 4 N–H and O–H groups in total. The van der Waals surface area contributed by atoms with Gasteiger partial charge in [-0.25, -0.2) is 0 Å². The van der Waals surface area contributed by atoms with Gasteiger partial charge < -0.3 is 37.8 Å². The minimum Gasteiger partial charge on any atom is -0.782 e. The molecule has 126 valence electrons. The van der Waals surface area contributed by atoms with Gasteiger partial charge >= 0.3 is 22.4 Å². The van der Waals surface area contributed by atoms with E-state index in [9.17, 15) is 10.2 Å². The fraction of sp³-hybridized carbons (Fsp3) is 1.00. The van der Waals surface area contributed by atoms with Crippen molar-refractivity contribution in [2.24, 2.45) is 0 Å². The van der Waals surface area contributed by atoms with Crippen LogP contribution in [0.2, 0.25) is 0 Å². The van der Waals surface area contributed by atoms with Crippen molar-refractivity contribution < 1.29 is 47.5 Å². The molecule has 0 bridgehead atoms. The number of rotatable bonds is 4. The van der Waals surface area contributed by atoms with Gasteiger partial charge in [-0.05, 0) is 28.7 Å². The zero-order chi connectivity index (χ0) is 15.0. The van der Waals surface area contributed by atoms with E-state index in [0.717, 1.165) is 0 Å². The Morgan fingerprint density at radius 3 is 1.75 bits per heavy atom. The van der Waals surface area contributed by atoms with E-state index in [1.54, 1.807) is 0 Å². The third-order valence-electron chi connectivity index (χ3n) is 3.34. The van der Waals surface area contributed by atoms with E-state index in [-0.39, 0.29) is 30.3 Å². The summed E-state index contributed by atoms with van der Waals surface area (Å²) in [5.41, 5.74) is 0. The second-order valence-electron chi connectivity index (χ2n) is 4.50. The molecule has 0 amide bonds. The van der Waals surface area contributed by atoms with Crippen LogP contribution >= 0.6 is 7.92 Å². The molecule has 0 radical (unpaired) electrons. The summed E-state index contributed by atoms with van der Waals surface area (Å²) in [5.74, 6) is 0. The summed E-state index contributed by atoms with van der Waals surface area (Å²) in [6.45, 7) is 6.46. The van der Waals surface area contributed by atoms with Crippen LogP contribution in [0.1, 0.15) is 20.8 Å². The largest absolute Gasteiger partial charge is 1.00 e. The predicted octanol–water partition coefficient (Wildman–Crippen LogP) is -0.409. The molecule has 0 saturated carbocycles. The maximum absolute atomic E-state index is 9.21. The van der Waals surface area contributed by atoms with Crippen LogP contribution in [0.5, 0.6) is 0 Å². The first-order valence-electron chi connectivity index (χ1n) is 6.72. The Bertz CT molecular complexity index is 226. The Labute approximate surface area is 143 Å². The zero-order valence-corrected chi connectivity index (χ0v) is 16.1. The molecule has 5 atom stereocenters. The maximum atomic E-state index is 9.21. The average Bonchev–Trinajstić information content (AvgIpc) is 2.43. The van der Waals surface area contributed by atoms with Crippen LogP contribution in [0, 0.1) is 0 Å². The molecule has 0 aliphatic carbocycles. The summed E-state index contributed by atoms with van der Waals surface area (Å²) < 4.78 is 4.72. The third-order valence-corrected chi connectivity index (χ3v) is 6.85. The van der Waals surface area contributed by atoms with Crippen molar-refractivity contribution in [3.8, 4) is 0 Å². The molecule has 1 saturated heterocycles. The van der Waals surface area contributed by atoms with Crippen molar-refractivity contribution in [1.29, 1.82) is 0 Å². The first kappa shape index (κ1) is 23.6. The van der Waals surface area contributed by atoms with Crippen molar-refractivity contribution >= 4 is 20.6 Å². The second kappa shape index (κ2) is 12.8. The van der Waals surface area contributed by atoms with E-state index in [0.29, 0.717) is 0 Å². The summed E-state index contributed by atoms with van der Waals surface area (Å²) >= 11 is 4.65. The molecule has 0 aromatic heterocycles. The molecule has 0 aromatic rings. The van der Waals surface area contributed by atoms with Crippen molar-refractivity contribution in [2.75, 3.05) is 25.1 Å². The standard InChI is InChI=1S/C6H12O5S.C6H15P.Au/c7-1-2-3(8)4(9)5(12)6(10)11-2;1-4-7(5-2)6-3;/h2-10,12H,1H2;4-6H2,1-3H3;/q;;+1/t2?,3-,4-,5?,6-;;/m0../s1. The van der Waals surface area contributed by atoms with Gasteiger partial charge in [-0.1, -0.05) is 5.25 Å². The number of hydrogen-bond donors (Lipinski definition) is 4. The van der Waals surface area contributed by atoms with Crippen molar-refractivity contribution in [1.82, 2.24) is 0 Å². The van der Waals surface area contributed by atoms with E-state index in [1.165, 1.54) is 18.5 Å². The van der Waals surface area contributed by atoms with Crippen LogP contribution in [0.3, 0.4) is 0 Å². The fourth-order valence-corrected chi connectivity index (χ4v) is 3.55. The van der Waals surface area contributed by atoms with Gasteiger partial charge in [0.2, 0.25) is 0 Å². The average molecular weight is 511 g/mol. The van der Waals surface area contributed by atoms with Crippen LogP contribution in [0.15, 0.2) is 0 Å². The summed E-state index contributed by atoms with van der Waals surface area (Å²) in [5, 5.41) is 35.2. The summed E-state index contributed by atoms with van der Waals surface area (Å²) in [4.78, 5) is 0. The second-order valence-corrected chi connectivity index (χ2v) is 8.67. The molecule has 0 aromatic carbocycles. The van der Waals surface area contributed by atoms with Gasteiger partial charge in [-0.15, -0.1) is 0 Å². The monoisotopic (exact) mass is 511 g/mol. The first-order valence-corrected chi connectivity index (χ1v) is 9.31. The zero-order valence-electron chi connectivity index (χ0n) is 12.1. The molecule has 20 heavy (non-hydrogen) atoms. The van der Waals surface area contributed by atoms with Gasteiger partial charge in [0.1, 0.15) is 18.5 Å². The first-order chi connectivity index (χ1) is 8.92. The Kier molecular flexibility index (Phi) is 15.1. The van der Waals surface area contributed by atoms with Crippen LogP contribution in [-0.2, 0) is 39.7 Å². The van der Waals surface area contributed by atoms with Crippen LogP contribution < -0.4 is 0 Å². The van der Waals surface area contributed by atoms with Gasteiger partial charge in [0.05, 0.1) is 31.2 Å². The molecule has 1 heterocycles. The third kappa shape index (κ3) is 7.54. The van der Waals surface area contributed by atoms with Crippen LogP contribution in [0.4, 0.5) is 0 Å². The molecule has 1 aliphatic rings. The fourth-order valence-electron chi connectivity index (χ4n) is 1.82. The van der Waals surface area contributed by atoms with Crippen molar-refractivity contribution in [2.45, 2.75) is 50.6 Å². The van der Waals surface area contributed by atoms with Gasteiger partial charge in [-0.2, -0.15) is 0 Å². The molecule has 1 fully saturated rings. The number of aliphatic hydroxyl groups excluding tert-OH is 4. The molecule has 2 unspecified atom stereocenters. The van der Waals surface area contributed by atoms with E-state index < -0.39 is 36.5 Å². The smallest absolute Gasteiger partial charge is 0.782 e. The normalized spacial score (nSPS) is 33.1. The number of hydrogen-bond acceptors (Lipinski definition) is 6. The van der Waals surface area contributed by atoms with Crippen molar-refractivity contribution in [3.63, 3.8) is 0 Å². The molecule has 1 aliphatic heterocycles. The topological polar surface area (TPSA) is 90.2 Å². The molecular weight excluding hydrogens is 484 g/mol. The maximum Gasteiger partial charge on any atom is 1.00 e. The number of aliphatic hydroxyl groups is 4. The molecule has 1 rings (SSSR count). The summed E-state index contributed by atoms with van der Waals surface area (Å²) in [6.07, 6.45) is -0.376. The Morgan fingerprint density at radius 1 is 1.00 bits per heavy atom. The Hall–Kier alpha value is 1.32. The van der Waals surface area contributed by atoms with Gasteiger partial charge in [0.25, 0.3) is 0 Å².